The molecular weight excluding hydrogens is 314 g/mol. The maximum absolute atomic E-state index is 12.2. The number of carbonyl (C=O) groups is 1. The largest absolute Gasteiger partial charge is 0.489 e. The second kappa shape index (κ2) is 9.16. The standard InChI is InChI=1S/C20H25N3O2/c24-19(12-11-17-9-4-5-13-21-17)23-20-18(10-6-14-22-20)25-15-16-7-2-1-3-8-16/h4-6,9-10,13-14,16H,1-3,7-8,11-12,15H2,(H,22,23,24). The molecule has 5 heteroatoms. The molecule has 2 aromatic heterocycles. The first kappa shape index (κ1) is 17.4. The van der Waals surface area contributed by atoms with Gasteiger partial charge in [0.2, 0.25) is 5.91 Å². The van der Waals surface area contributed by atoms with Crippen LogP contribution in [0.25, 0.3) is 0 Å². The molecule has 1 fully saturated rings. The molecule has 25 heavy (non-hydrogen) atoms. The molecule has 0 atom stereocenters. The lowest BCUT2D eigenvalue weighted by Gasteiger charge is -2.22. The van der Waals surface area contributed by atoms with E-state index in [0.717, 1.165) is 5.69 Å². The Morgan fingerprint density at radius 1 is 1.08 bits per heavy atom. The fourth-order valence-electron chi connectivity index (χ4n) is 3.14. The molecule has 0 aliphatic heterocycles. The predicted octanol–water partition coefficient (Wildman–Crippen LogP) is 4.01. The summed E-state index contributed by atoms with van der Waals surface area (Å²) in [7, 11) is 0. The number of aryl methyl sites for hydroxylation is 1. The lowest BCUT2D eigenvalue weighted by Crippen LogP contribution is -2.18. The van der Waals surface area contributed by atoms with Gasteiger partial charge in [-0.1, -0.05) is 25.3 Å². The van der Waals surface area contributed by atoms with E-state index in [1.165, 1.54) is 32.1 Å². The Balaban J connectivity index is 1.52. The first-order valence-corrected chi connectivity index (χ1v) is 9.09. The van der Waals surface area contributed by atoms with Gasteiger partial charge in [0.1, 0.15) is 0 Å². The van der Waals surface area contributed by atoms with E-state index in [1.807, 2.05) is 30.3 Å². The zero-order chi connectivity index (χ0) is 17.3. The number of nitrogens with one attached hydrogen (secondary N) is 1. The zero-order valence-corrected chi connectivity index (χ0v) is 14.5. The van der Waals surface area contributed by atoms with E-state index in [4.69, 9.17) is 4.74 Å². The minimum atomic E-state index is -0.0770. The fourth-order valence-corrected chi connectivity index (χ4v) is 3.14. The third-order valence-electron chi connectivity index (χ3n) is 4.56. The molecule has 2 heterocycles. The van der Waals surface area contributed by atoms with E-state index >= 15 is 0 Å². The van der Waals surface area contributed by atoms with Crippen LogP contribution >= 0.6 is 0 Å². The van der Waals surface area contributed by atoms with Crippen molar-refractivity contribution in [1.82, 2.24) is 9.97 Å². The van der Waals surface area contributed by atoms with Crippen LogP contribution < -0.4 is 10.1 Å². The summed E-state index contributed by atoms with van der Waals surface area (Å²) in [4.78, 5) is 20.7. The highest BCUT2D eigenvalue weighted by Crippen LogP contribution is 2.27. The summed E-state index contributed by atoms with van der Waals surface area (Å²) >= 11 is 0. The molecule has 1 amide bonds. The molecule has 0 aromatic carbocycles. The molecule has 0 radical (unpaired) electrons. The summed E-state index contributed by atoms with van der Waals surface area (Å²) in [6, 6.07) is 9.42. The molecule has 0 unspecified atom stereocenters. The molecule has 2 aromatic rings. The van der Waals surface area contributed by atoms with Crippen molar-refractivity contribution in [2.75, 3.05) is 11.9 Å². The minimum absolute atomic E-state index is 0.0770. The van der Waals surface area contributed by atoms with Crippen molar-refractivity contribution in [3.05, 3.63) is 48.4 Å². The Bertz CT molecular complexity index is 670. The van der Waals surface area contributed by atoms with Crippen molar-refractivity contribution in [3.8, 4) is 5.75 Å². The van der Waals surface area contributed by atoms with Gasteiger partial charge in [-0.25, -0.2) is 4.98 Å². The van der Waals surface area contributed by atoms with E-state index in [-0.39, 0.29) is 5.91 Å². The van der Waals surface area contributed by atoms with Crippen LogP contribution in [-0.4, -0.2) is 22.5 Å². The summed E-state index contributed by atoms with van der Waals surface area (Å²) in [5, 5.41) is 2.87. The van der Waals surface area contributed by atoms with E-state index in [2.05, 4.69) is 15.3 Å². The number of pyridine rings is 2. The minimum Gasteiger partial charge on any atom is -0.489 e. The first-order chi connectivity index (χ1) is 12.3. The lowest BCUT2D eigenvalue weighted by atomic mass is 9.90. The second-order valence-corrected chi connectivity index (χ2v) is 6.53. The van der Waals surface area contributed by atoms with Crippen molar-refractivity contribution in [2.45, 2.75) is 44.9 Å². The van der Waals surface area contributed by atoms with Gasteiger partial charge in [0.25, 0.3) is 0 Å². The van der Waals surface area contributed by atoms with Gasteiger partial charge in [-0.2, -0.15) is 0 Å². The maximum Gasteiger partial charge on any atom is 0.226 e. The normalized spacial score (nSPS) is 14.9. The van der Waals surface area contributed by atoms with E-state index in [0.29, 0.717) is 36.9 Å². The number of hydrogen-bond acceptors (Lipinski definition) is 4. The summed E-state index contributed by atoms with van der Waals surface area (Å²) in [6.07, 6.45) is 10.8. The van der Waals surface area contributed by atoms with Crippen LogP contribution in [0.15, 0.2) is 42.7 Å². The van der Waals surface area contributed by atoms with Crippen molar-refractivity contribution < 1.29 is 9.53 Å². The molecule has 3 rings (SSSR count). The maximum atomic E-state index is 12.2. The average Bonchev–Trinajstić information content (AvgIpc) is 2.67. The molecular formula is C20H25N3O2. The molecule has 0 saturated heterocycles. The zero-order valence-electron chi connectivity index (χ0n) is 14.5. The molecule has 5 nitrogen and oxygen atoms in total. The smallest absolute Gasteiger partial charge is 0.226 e. The molecule has 132 valence electrons. The Kier molecular flexibility index (Phi) is 6.37. The fraction of sp³-hybridized carbons (Fsp3) is 0.450. The molecule has 1 aliphatic carbocycles. The van der Waals surface area contributed by atoms with Gasteiger partial charge in [0, 0.05) is 24.5 Å². The van der Waals surface area contributed by atoms with Crippen molar-refractivity contribution >= 4 is 11.7 Å². The summed E-state index contributed by atoms with van der Waals surface area (Å²) < 4.78 is 5.95. The predicted molar refractivity (Wildman–Crippen MR) is 97.5 cm³/mol. The molecule has 0 spiro atoms. The Labute approximate surface area is 148 Å². The van der Waals surface area contributed by atoms with Crippen LogP contribution in [0.3, 0.4) is 0 Å². The number of amides is 1. The Morgan fingerprint density at radius 3 is 2.72 bits per heavy atom. The van der Waals surface area contributed by atoms with Crippen LogP contribution in [0.5, 0.6) is 5.75 Å². The number of rotatable bonds is 7. The van der Waals surface area contributed by atoms with Gasteiger partial charge in [-0.15, -0.1) is 0 Å². The van der Waals surface area contributed by atoms with Gasteiger partial charge in [0.05, 0.1) is 6.61 Å². The van der Waals surface area contributed by atoms with Crippen molar-refractivity contribution in [1.29, 1.82) is 0 Å². The summed E-state index contributed by atoms with van der Waals surface area (Å²) in [6.45, 7) is 0.697. The summed E-state index contributed by atoms with van der Waals surface area (Å²) in [5.74, 6) is 1.69. The Morgan fingerprint density at radius 2 is 1.92 bits per heavy atom. The molecule has 1 saturated carbocycles. The van der Waals surface area contributed by atoms with E-state index in [1.54, 1.807) is 12.4 Å². The topological polar surface area (TPSA) is 64.1 Å². The third-order valence-corrected chi connectivity index (χ3v) is 4.56. The van der Waals surface area contributed by atoms with Gasteiger partial charge >= 0.3 is 0 Å². The summed E-state index contributed by atoms with van der Waals surface area (Å²) in [5.41, 5.74) is 0.910. The van der Waals surface area contributed by atoms with Gasteiger partial charge in [-0.05, 0) is 49.4 Å². The first-order valence-electron chi connectivity index (χ1n) is 9.09. The number of carbonyl (C=O) groups excluding carboxylic acids is 1. The quantitative estimate of drug-likeness (QED) is 0.828. The second-order valence-electron chi connectivity index (χ2n) is 6.53. The molecule has 0 bridgehead atoms. The van der Waals surface area contributed by atoms with Crippen LogP contribution in [0, 0.1) is 5.92 Å². The molecule has 1 aliphatic rings. The van der Waals surface area contributed by atoms with Gasteiger partial charge in [-0.3, -0.25) is 9.78 Å². The third kappa shape index (κ3) is 5.55. The highest BCUT2D eigenvalue weighted by Gasteiger charge is 2.16. The van der Waals surface area contributed by atoms with E-state index in [9.17, 15) is 4.79 Å². The lowest BCUT2D eigenvalue weighted by molar-refractivity contribution is -0.116. The highest BCUT2D eigenvalue weighted by atomic mass is 16.5. The van der Waals surface area contributed by atoms with E-state index < -0.39 is 0 Å². The monoisotopic (exact) mass is 339 g/mol. The number of anilines is 1. The number of hydrogen-bond donors (Lipinski definition) is 1. The average molecular weight is 339 g/mol. The number of ether oxygens (including phenoxy) is 1. The SMILES string of the molecule is O=C(CCc1ccccn1)Nc1ncccc1OCC1CCCCC1. The van der Waals surface area contributed by atoms with Crippen LogP contribution in [-0.2, 0) is 11.2 Å². The van der Waals surface area contributed by atoms with Crippen LogP contribution in [0.1, 0.15) is 44.2 Å². The number of nitrogens with zero attached hydrogens (tertiary/aromatic N) is 2. The van der Waals surface area contributed by atoms with Crippen molar-refractivity contribution in [3.63, 3.8) is 0 Å². The van der Waals surface area contributed by atoms with Gasteiger partial charge in [0.15, 0.2) is 11.6 Å². The highest BCUT2D eigenvalue weighted by molar-refractivity contribution is 5.91. The van der Waals surface area contributed by atoms with Crippen LogP contribution in [0.2, 0.25) is 0 Å². The molecule has 1 N–H and O–H groups in total. The van der Waals surface area contributed by atoms with Crippen LogP contribution in [0.4, 0.5) is 5.82 Å². The Hall–Kier alpha value is -2.43. The van der Waals surface area contributed by atoms with Crippen molar-refractivity contribution in [2.24, 2.45) is 5.92 Å². The van der Waals surface area contributed by atoms with Gasteiger partial charge < -0.3 is 10.1 Å². The number of aromatic nitrogens is 2.